The van der Waals surface area contributed by atoms with Crippen LogP contribution in [0.5, 0.6) is 23.0 Å². The van der Waals surface area contributed by atoms with E-state index in [2.05, 4.69) is 0 Å². The molecule has 0 saturated carbocycles. The number of aromatic hydroxyl groups is 3. The van der Waals surface area contributed by atoms with Gasteiger partial charge in [-0.3, -0.25) is 0 Å². The van der Waals surface area contributed by atoms with Crippen molar-refractivity contribution >= 4 is 11.9 Å². The van der Waals surface area contributed by atoms with Crippen LogP contribution >= 0.6 is 0 Å². The molecule has 0 aliphatic heterocycles. The Balaban J connectivity index is 2.36. The van der Waals surface area contributed by atoms with E-state index in [9.17, 15) is 19.8 Å². The summed E-state index contributed by atoms with van der Waals surface area (Å²) >= 11 is 0. The van der Waals surface area contributed by atoms with E-state index in [4.69, 9.17) is 14.9 Å². The Kier molecular flexibility index (Phi) is 3.66. The largest absolute Gasteiger partial charge is 0.504 e. The number of carbonyl (C=O) groups is 2. The van der Waals surface area contributed by atoms with Gasteiger partial charge >= 0.3 is 11.9 Å². The van der Waals surface area contributed by atoms with Gasteiger partial charge in [-0.1, -0.05) is 6.07 Å². The molecule has 0 saturated heterocycles. The maximum atomic E-state index is 11.9. The minimum atomic E-state index is -1.37. The number of aromatic carboxylic acids is 1. The molecule has 0 aromatic heterocycles. The van der Waals surface area contributed by atoms with E-state index < -0.39 is 34.9 Å². The van der Waals surface area contributed by atoms with Gasteiger partial charge in [0.2, 0.25) is 0 Å². The summed E-state index contributed by atoms with van der Waals surface area (Å²) in [6.07, 6.45) is 0. The van der Waals surface area contributed by atoms with Crippen molar-refractivity contribution in [2.45, 2.75) is 0 Å². The zero-order chi connectivity index (χ0) is 15.6. The molecule has 0 heterocycles. The van der Waals surface area contributed by atoms with Crippen LogP contribution in [0, 0.1) is 0 Å². The second-order valence-corrected chi connectivity index (χ2v) is 4.05. The van der Waals surface area contributed by atoms with Crippen LogP contribution in [0.4, 0.5) is 0 Å². The van der Waals surface area contributed by atoms with Crippen molar-refractivity contribution in [2.75, 3.05) is 0 Å². The number of hydrogen-bond donors (Lipinski definition) is 4. The van der Waals surface area contributed by atoms with E-state index in [1.54, 1.807) is 0 Å². The summed E-state index contributed by atoms with van der Waals surface area (Å²) in [6.45, 7) is 0. The number of carbonyl (C=O) groups excluding carboxylic acids is 1. The van der Waals surface area contributed by atoms with Crippen LogP contribution in [0.2, 0.25) is 0 Å². The van der Waals surface area contributed by atoms with E-state index in [0.717, 1.165) is 12.1 Å². The van der Waals surface area contributed by atoms with Crippen molar-refractivity contribution in [3.05, 3.63) is 47.5 Å². The van der Waals surface area contributed by atoms with Crippen LogP contribution in [0.15, 0.2) is 36.4 Å². The van der Waals surface area contributed by atoms with Gasteiger partial charge in [-0.15, -0.1) is 0 Å². The molecule has 0 bridgehead atoms. The fraction of sp³-hybridized carbons (Fsp3) is 0. The number of para-hydroxylation sites is 1. The molecular formula is C14H10O7. The molecule has 2 aromatic carbocycles. The molecule has 21 heavy (non-hydrogen) atoms. The highest BCUT2D eigenvalue weighted by Crippen LogP contribution is 2.31. The molecule has 0 spiro atoms. The average Bonchev–Trinajstić information content (AvgIpc) is 2.43. The maximum Gasteiger partial charge on any atom is 0.343 e. The van der Waals surface area contributed by atoms with E-state index in [-0.39, 0.29) is 11.1 Å². The molecule has 0 aliphatic carbocycles. The Morgan fingerprint density at radius 3 is 2.24 bits per heavy atom. The van der Waals surface area contributed by atoms with Crippen LogP contribution in [0.1, 0.15) is 20.7 Å². The Morgan fingerprint density at radius 2 is 1.62 bits per heavy atom. The predicted molar refractivity (Wildman–Crippen MR) is 69.8 cm³/mol. The first kappa shape index (κ1) is 14.2. The van der Waals surface area contributed by atoms with Gasteiger partial charge in [0.25, 0.3) is 0 Å². The monoisotopic (exact) mass is 290 g/mol. The number of hydrogen-bond acceptors (Lipinski definition) is 6. The quantitative estimate of drug-likeness (QED) is 0.385. The van der Waals surface area contributed by atoms with E-state index >= 15 is 0 Å². The number of ether oxygens (including phenoxy) is 1. The Morgan fingerprint density at radius 1 is 0.905 bits per heavy atom. The molecule has 4 N–H and O–H groups in total. The van der Waals surface area contributed by atoms with Crippen molar-refractivity contribution in [1.82, 2.24) is 0 Å². The van der Waals surface area contributed by atoms with Crippen molar-refractivity contribution in [3.8, 4) is 23.0 Å². The normalized spacial score (nSPS) is 10.1. The molecule has 2 rings (SSSR count). The van der Waals surface area contributed by atoms with Gasteiger partial charge in [0.05, 0.1) is 5.56 Å². The Bertz CT molecular complexity index is 721. The topological polar surface area (TPSA) is 124 Å². The van der Waals surface area contributed by atoms with Crippen LogP contribution in [-0.4, -0.2) is 32.4 Å². The molecule has 0 fully saturated rings. The van der Waals surface area contributed by atoms with E-state index in [1.807, 2.05) is 0 Å². The van der Waals surface area contributed by atoms with Crippen molar-refractivity contribution < 1.29 is 34.8 Å². The van der Waals surface area contributed by atoms with Gasteiger partial charge < -0.3 is 25.2 Å². The third-order valence-electron chi connectivity index (χ3n) is 2.63. The summed E-state index contributed by atoms with van der Waals surface area (Å²) in [5.41, 5.74) is -0.503. The van der Waals surface area contributed by atoms with Crippen LogP contribution in [0.3, 0.4) is 0 Å². The molecule has 108 valence electrons. The highest BCUT2D eigenvalue weighted by atomic mass is 16.5. The summed E-state index contributed by atoms with van der Waals surface area (Å²) in [4.78, 5) is 22.9. The molecule has 2 aromatic rings. The van der Waals surface area contributed by atoms with Gasteiger partial charge in [-0.05, 0) is 30.3 Å². The first-order valence-corrected chi connectivity index (χ1v) is 5.69. The molecule has 0 aliphatic rings. The van der Waals surface area contributed by atoms with Crippen molar-refractivity contribution in [2.24, 2.45) is 0 Å². The third-order valence-corrected chi connectivity index (χ3v) is 2.63. The predicted octanol–water partition coefficient (Wildman–Crippen LogP) is 1.72. The third kappa shape index (κ3) is 2.86. The molecule has 0 amide bonds. The summed E-state index contributed by atoms with van der Waals surface area (Å²) < 4.78 is 4.86. The molecule has 0 unspecified atom stereocenters. The number of carboxylic acids is 1. The van der Waals surface area contributed by atoms with E-state index in [0.29, 0.717) is 0 Å². The second-order valence-electron chi connectivity index (χ2n) is 4.05. The van der Waals surface area contributed by atoms with Crippen molar-refractivity contribution in [3.63, 3.8) is 0 Å². The highest BCUT2D eigenvalue weighted by Gasteiger charge is 2.20. The van der Waals surface area contributed by atoms with Crippen LogP contribution in [0.25, 0.3) is 0 Å². The Labute approximate surface area is 118 Å². The lowest BCUT2D eigenvalue weighted by atomic mass is 10.1. The maximum absolute atomic E-state index is 11.9. The number of carboxylic acid groups (broad SMARTS) is 1. The lowest BCUT2D eigenvalue weighted by molar-refractivity contribution is 0.0678. The summed E-state index contributed by atoms with van der Waals surface area (Å²) in [6, 6.07) is 6.84. The van der Waals surface area contributed by atoms with Gasteiger partial charge in [-0.25, -0.2) is 9.59 Å². The molecule has 0 radical (unpaired) electrons. The second kappa shape index (κ2) is 5.41. The Hall–Kier alpha value is -3.22. The van der Waals surface area contributed by atoms with Crippen molar-refractivity contribution in [1.29, 1.82) is 0 Å². The van der Waals surface area contributed by atoms with Gasteiger partial charge in [0.15, 0.2) is 23.0 Å². The molecule has 7 nitrogen and oxygen atoms in total. The summed E-state index contributed by atoms with van der Waals surface area (Å²) in [5, 5.41) is 37.1. The van der Waals surface area contributed by atoms with Gasteiger partial charge in [0.1, 0.15) is 5.56 Å². The zero-order valence-electron chi connectivity index (χ0n) is 10.5. The highest BCUT2D eigenvalue weighted by molar-refractivity contribution is 5.96. The molecule has 7 heteroatoms. The van der Waals surface area contributed by atoms with Crippen LogP contribution < -0.4 is 4.74 Å². The number of phenolic OH excluding ortho intramolecular Hbond substituents is 3. The lowest BCUT2D eigenvalue weighted by Gasteiger charge is -2.09. The standard InChI is InChI=1S/C14H10O7/c15-9-5-4-7(6-11(9)17)14(20)21-12-8(13(18)19)2-1-3-10(12)16/h1-6,15-17H,(H,18,19). The number of esters is 1. The summed E-state index contributed by atoms with van der Waals surface area (Å²) in [5.74, 6) is -4.31. The van der Waals surface area contributed by atoms with E-state index in [1.165, 1.54) is 24.3 Å². The first-order chi connectivity index (χ1) is 9.90. The molecular weight excluding hydrogens is 280 g/mol. The SMILES string of the molecule is O=C(Oc1c(O)cccc1C(=O)O)c1ccc(O)c(O)c1. The lowest BCUT2D eigenvalue weighted by Crippen LogP contribution is -2.11. The fourth-order valence-electron chi connectivity index (χ4n) is 1.60. The molecule has 0 atom stereocenters. The number of phenols is 3. The fourth-order valence-corrected chi connectivity index (χ4v) is 1.60. The minimum Gasteiger partial charge on any atom is -0.504 e. The minimum absolute atomic E-state index is 0.120. The zero-order valence-corrected chi connectivity index (χ0v) is 10.5. The smallest absolute Gasteiger partial charge is 0.343 e. The first-order valence-electron chi connectivity index (χ1n) is 5.69. The number of benzene rings is 2. The van der Waals surface area contributed by atoms with Gasteiger partial charge in [-0.2, -0.15) is 0 Å². The van der Waals surface area contributed by atoms with Crippen LogP contribution in [-0.2, 0) is 0 Å². The number of rotatable bonds is 3. The van der Waals surface area contributed by atoms with Gasteiger partial charge in [0, 0.05) is 0 Å². The average molecular weight is 290 g/mol. The summed E-state index contributed by atoms with van der Waals surface area (Å²) in [7, 11) is 0.